The van der Waals surface area contributed by atoms with Gasteiger partial charge in [0.2, 0.25) is 5.56 Å². The number of pyridine rings is 1. The standard InChI is InChI=1S/C17H23NO3/c1-10-6-11(2)17(8-19)9-21-16(15(10)12(17)3)13-4-5-14(20)18-7-13/h4-7,11-12,15-16,19H,8-9H2,1-3H3,(H,18,20). The predicted octanol–water partition coefficient (Wildman–Crippen LogP) is 2.27. The van der Waals surface area contributed by atoms with Gasteiger partial charge in [0, 0.05) is 23.6 Å². The molecule has 0 radical (unpaired) electrons. The third kappa shape index (κ3) is 2.09. The highest BCUT2D eigenvalue weighted by atomic mass is 16.5. The number of aromatic amines is 1. The molecule has 1 saturated heterocycles. The third-order valence-corrected chi connectivity index (χ3v) is 5.68. The second-order valence-electron chi connectivity index (χ2n) is 6.62. The van der Waals surface area contributed by atoms with Crippen LogP contribution in [0.2, 0.25) is 0 Å². The molecule has 5 atom stereocenters. The number of hydrogen-bond acceptors (Lipinski definition) is 3. The molecule has 0 spiro atoms. The van der Waals surface area contributed by atoms with Gasteiger partial charge >= 0.3 is 0 Å². The summed E-state index contributed by atoms with van der Waals surface area (Å²) < 4.78 is 6.15. The number of aromatic nitrogens is 1. The van der Waals surface area contributed by atoms with E-state index in [-0.39, 0.29) is 29.6 Å². The van der Waals surface area contributed by atoms with Crippen molar-refractivity contribution in [2.45, 2.75) is 26.9 Å². The maximum Gasteiger partial charge on any atom is 0.247 e. The van der Waals surface area contributed by atoms with Crippen LogP contribution in [0.25, 0.3) is 0 Å². The van der Waals surface area contributed by atoms with Gasteiger partial charge in [0.1, 0.15) is 0 Å². The Morgan fingerprint density at radius 3 is 2.81 bits per heavy atom. The average molecular weight is 289 g/mol. The van der Waals surface area contributed by atoms with Crippen LogP contribution in [0.5, 0.6) is 0 Å². The largest absolute Gasteiger partial charge is 0.396 e. The van der Waals surface area contributed by atoms with Crippen LogP contribution in [0.3, 0.4) is 0 Å². The van der Waals surface area contributed by atoms with Gasteiger partial charge in [0.25, 0.3) is 0 Å². The van der Waals surface area contributed by atoms with Crippen molar-refractivity contribution in [3.05, 3.63) is 45.9 Å². The van der Waals surface area contributed by atoms with Gasteiger partial charge in [-0.1, -0.05) is 25.5 Å². The Labute approximate surface area is 124 Å². The zero-order valence-corrected chi connectivity index (χ0v) is 12.8. The highest BCUT2D eigenvalue weighted by Gasteiger charge is 2.53. The topological polar surface area (TPSA) is 62.3 Å². The van der Waals surface area contributed by atoms with E-state index < -0.39 is 0 Å². The van der Waals surface area contributed by atoms with Crippen LogP contribution >= 0.6 is 0 Å². The quantitative estimate of drug-likeness (QED) is 0.821. The van der Waals surface area contributed by atoms with Gasteiger partial charge in [-0.3, -0.25) is 4.79 Å². The molecule has 2 N–H and O–H groups in total. The predicted molar refractivity (Wildman–Crippen MR) is 80.8 cm³/mol. The summed E-state index contributed by atoms with van der Waals surface area (Å²) in [5.74, 6) is 0.895. The molecule has 2 aliphatic rings. The molecule has 4 heteroatoms. The van der Waals surface area contributed by atoms with Crippen molar-refractivity contribution in [2.75, 3.05) is 13.2 Å². The summed E-state index contributed by atoms with van der Waals surface area (Å²) in [7, 11) is 0. The molecule has 0 saturated carbocycles. The molecular weight excluding hydrogens is 266 g/mol. The van der Waals surface area contributed by atoms with Gasteiger partial charge < -0.3 is 14.8 Å². The molecule has 0 aromatic carbocycles. The molecule has 3 rings (SSSR count). The summed E-state index contributed by atoms with van der Waals surface area (Å²) in [6.45, 7) is 7.22. The van der Waals surface area contributed by atoms with Crippen LogP contribution in [-0.4, -0.2) is 23.3 Å². The number of nitrogens with one attached hydrogen (secondary N) is 1. The molecule has 0 amide bonds. The second-order valence-corrected chi connectivity index (χ2v) is 6.62. The van der Waals surface area contributed by atoms with Crippen LogP contribution in [0.15, 0.2) is 34.8 Å². The van der Waals surface area contributed by atoms with E-state index in [1.807, 2.05) is 6.07 Å². The normalized spacial score (nSPS) is 39.0. The molecule has 1 aliphatic heterocycles. The zero-order valence-electron chi connectivity index (χ0n) is 12.8. The fourth-order valence-corrected chi connectivity index (χ4v) is 4.19. The Morgan fingerprint density at radius 2 is 2.19 bits per heavy atom. The minimum atomic E-state index is -0.192. The van der Waals surface area contributed by atoms with Gasteiger partial charge in [-0.2, -0.15) is 0 Å². The first-order valence-corrected chi connectivity index (χ1v) is 7.59. The summed E-state index contributed by atoms with van der Waals surface area (Å²) in [6, 6.07) is 3.38. The number of aliphatic hydroxyl groups is 1. The molecular formula is C17H23NO3. The lowest BCUT2D eigenvalue weighted by molar-refractivity contribution is -0.165. The SMILES string of the molecule is CC1=CC(C)C2(CO)COC(c3ccc(=O)[nH]c3)C1C2C. The first kappa shape index (κ1) is 14.5. The lowest BCUT2D eigenvalue weighted by Gasteiger charge is -2.55. The van der Waals surface area contributed by atoms with E-state index >= 15 is 0 Å². The number of fused-ring (bicyclic) bond motifs is 2. The van der Waals surface area contributed by atoms with Crippen molar-refractivity contribution >= 4 is 0 Å². The number of allylic oxidation sites excluding steroid dienone is 1. The molecule has 1 aromatic rings. The molecule has 114 valence electrons. The highest BCUT2D eigenvalue weighted by molar-refractivity contribution is 5.26. The molecule has 5 unspecified atom stereocenters. The highest BCUT2D eigenvalue weighted by Crippen LogP contribution is 2.55. The number of hydrogen-bond donors (Lipinski definition) is 2. The summed E-state index contributed by atoms with van der Waals surface area (Å²) in [5, 5.41) is 9.96. The number of rotatable bonds is 2. The minimum absolute atomic E-state index is 0.0553. The smallest absolute Gasteiger partial charge is 0.247 e. The Morgan fingerprint density at radius 1 is 1.43 bits per heavy atom. The van der Waals surface area contributed by atoms with E-state index in [1.54, 1.807) is 12.3 Å². The van der Waals surface area contributed by atoms with Crippen molar-refractivity contribution in [2.24, 2.45) is 23.2 Å². The lowest BCUT2D eigenvalue weighted by atomic mass is 9.56. The summed E-state index contributed by atoms with van der Waals surface area (Å²) in [4.78, 5) is 14.0. The van der Waals surface area contributed by atoms with E-state index in [0.29, 0.717) is 18.4 Å². The molecule has 2 heterocycles. The summed E-state index contributed by atoms with van der Waals surface area (Å²) in [6.07, 6.45) is 3.97. The Kier molecular flexibility index (Phi) is 3.54. The van der Waals surface area contributed by atoms with Crippen molar-refractivity contribution in [1.82, 2.24) is 4.98 Å². The van der Waals surface area contributed by atoms with Crippen LogP contribution in [0.1, 0.15) is 32.4 Å². The van der Waals surface area contributed by atoms with Crippen LogP contribution in [0.4, 0.5) is 0 Å². The van der Waals surface area contributed by atoms with Crippen molar-refractivity contribution in [3.63, 3.8) is 0 Å². The van der Waals surface area contributed by atoms with Crippen molar-refractivity contribution in [1.29, 1.82) is 0 Å². The van der Waals surface area contributed by atoms with Crippen molar-refractivity contribution < 1.29 is 9.84 Å². The van der Waals surface area contributed by atoms with Crippen LogP contribution in [0, 0.1) is 23.2 Å². The van der Waals surface area contributed by atoms with Gasteiger partial charge in [-0.25, -0.2) is 0 Å². The Bertz CT molecular complexity index is 600. The monoisotopic (exact) mass is 289 g/mol. The van der Waals surface area contributed by atoms with Crippen LogP contribution in [-0.2, 0) is 4.74 Å². The minimum Gasteiger partial charge on any atom is -0.396 e. The zero-order chi connectivity index (χ0) is 15.2. The molecule has 1 fully saturated rings. The second kappa shape index (κ2) is 5.11. The third-order valence-electron chi connectivity index (χ3n) is 5.68. The molecule has 1 aromatic heterocycles. The van der Waals surface area contributed by atoms with Crippen LogP contribution < -0.4 is 5.56 Å². The maximum atomic E-state index is 11.2. The average Bonchev–Trinajstić information content (AvgIpc) is 2.46. The molecule has 21 heavy (non-hydrogen) atoms. The van der Waals surface area contributed by atoms with E-state index in [2.05, 4.69) is 31.8 Å². The lowest BCUT2D eigenvalue weighted by Crippen LogP contribution is -2.53. The number of H-pyrrole nitrogens is 1. The fourth-order valence-electron chi connectivity index (χ4n) is 4.19. The number of aliphatic hydroxyl groups excluding tert-OH is 1. The first-order chi connectivity index (χ1) is 9.99. The number of ether oxygens (including phenoxy) is 1. The summed E-state index contributed by atoms with van der Waals surface area (Å²) >= 11 is 0. The first-order valence-electron chi connectivity index (χ1n) is 7.59. The van der Waals surface area contributed by atoms with E-state index in [0.717, 1.165) is 5.56 Å². The van der Waals surface area contributed by atoms with E-state index in [4.69, 9.17) is 4.74 Å². The van der Waals surface area contributed by atoms with E-state index in [1.165, 1.54) is 5.57 Å². The van der Waals surface area contributed by atoms with Gasteiger partial charge in [-0.05, 0) is 30.4 Å². The molecule has 2 bridgehead atoms. The van der Waals surface area contributed by atoms with Gasteiger partial charge in [-0.15, -0.1) is 0 Å². The fraction of sp³-hybridized carbons (Fsp3) is 0.588. The Hall–Kier alpha value is -1.39. The van der Waals surface area contributed by atoms with Gasteiger partial charge in [0.05, 0.1) is 19.3 Å². The maximum absolute atomic E-state index is 11.2. The molecule has 1 aliphatic carbocycles. The van der Waals surface area contributed by atoms with Crippen molar-refractivity contribution in [3.8, 4) is 0 Å². The van der Waals surface area contributed by atoms with E-state index in [9.17, 15) is 9.90 Å². The molecule has 4 nitrogen and oxygen atoms in total. The van der Waals surface area contributed by atoms with Gasteiger partial charge in [0.15, 0.2) is 0 Å². The summed E-state index contributed by atoms with van der Waals surface area (Å²) in [5.41, 5.74) is 2.02. The Balaban J connectivity index is 2.03.